The van der Waals surface area contributed by atoms with Gasteiger partial charge in [0.05, 0.1) is 0 Å². The van der Waals surface area contributed by atoms with E-state index in [9.17, 15) is 0 Å². The molecular formula is C46H28S. The summed E-state index contributed by atoms with van der Waals surface area (Å²) in [6.07, 6.45) is 0. The Kier molecular flexibility index (Phi) is 5.91. The van der Waals surface area contributed by atoms with Gasteiger partial charge in [0, 0.05) is 15.2 Å². The van der Waals surface area contributed by atoms with E-state index in [0.717, 1.165) is 0 Å². The molecule has 1 heterocycles. The number of hydrogen-bond donors (Lipinski definition) is 0. The van der Waals surface area contributed by atoms with Crippen LogP contribution >= 0.6 is 11.8 Å². The van der Waals surface area contributed by atoms with Crippen LogP contribution in [0.5, 0.6) is 0 Å². The van der Waals surface area contributed by atoms with Crippen molar-refractivity contribution in [3.05, 3.63) is 170 Å². The second-order valence-electron chi connectivity index (χ2n) is 12.4. The van der Waals surface area contributed by atoms with Gasteiger partial charge in [-0.1, -0.05) is 157 Å². The van der Waals surface area contributed by atoms with Gasteiger partial charge in [-0.3, -0.25) is 0 Å². The van der Waals surface area contributed by atoms with Crippen LogP contribution in [0.2, 0.25) is 0 Å². The quantitative estimate of drug-likeness (QED) is 0.179. The minimum absolute atomic E-state index is 1.23. The van der Waals surface area contributed by atoms with Gasteiger partial charge < -0.3 is 0 Å². The molecule has 0 unspecified atom stereocenters. The maximum atomic E-state index is 2.37. The maximum Gasteiger partial charge on any atom is 0.0207 e. The molecule has 0 amide bonds. The maximum absolute atomic E-state index is 2.37. The average molecular weight is 613 g/mol. The van der Waals surface area contributed by atoms with Gasteiger partial charge in [-0.15, -0.1) is 0 Å². The van der Waals surface area contributed by atoms with Gasteiger partial charge in [0.1, 0.15) is 0 Å². The molecule has 10 rings (SSSR count). The highest BCUT2D eigenvalue weighted by molar-refractivity contribution is 7.99. The predicted molar refractivity (Wildman–Crippen MR) is 202 cm³/mol. The van der Waals surface area contributed by atoms with Gasteiger partial charge in [-0.2, -0.15) is 0 Å². The van der Waals surface area contributed by atoms with Crippen LogP contribution in [0, 0.1) is 0 Å². The number of benzene rings is 9. The summed E-state index contributed by atoms with van der Waals surface area (Å²) >= 11 is 1.89. The van der Waals surface area contributed by atoms with E-state index in [-0.39, 0.29) is 0 Å². The van der Waals surface area contributed by atoms with E-state index in [1.54, 1.807) is 0 Å². The van der Waals surface area contributed by atoms with Crippen molar-refractivity contribution in [3.8, 4) is 44.5 Å². The Hall–Kier alpha value is -5.63. The molecule has 0 atom stereocenters. The van der Waals surface area contributed by atoms with Gasteiger partial charge >= 0.3 is 0 Å². The van der Waals surface area contributed by atoms with E-state index in [1.165, 1.54) is 97.4 Å². The molecule has 9 aromatic rings. The fourth-order valence-electron chi connectivity index (χ4n) is 7.75. The van der Waals surface area contributed by atoms with Crippen molar-refractivity contribution in [3.63, 3.8) is 0 Å². The first-order valence-corrected chi connectivity index (χ1v) is 17.0. The summed E-state index contributed by atoms with van der Waals surface area (Å²) in [7, 11) is 0. The van der Waals surface area contributed by atoms with Crippen molar-refractivity contribution in [2.24, 2.45) is 0 Å². The molecule has 1 heteroatoms. The Morgan fingerprint density at radius 3 is 1.70 bits per heavy atom. The van der Waals surface area contributed by atoms with Crippen LogP contribution in [0.15, 0.2) is 180 Å². The van der Waals surface area contributed by atoms with Crippen LogP contribution in [0.3, 0.4) is 0 Å². The summed E-state index contributed by atoms with van der Waals surface area (Å²) in [5.74, 6) is 0. The van der Waals surface area contributed by atoms with E-state index in [2.05, 4.69) is 170 Å². The van der Waals surface area contributed by atoms with Crippen molar-refractivity contribution in [1.29, 1.82) is 0 Å². The lowest BCUT2D eigenvalue weighted by Gasteiger charge is -2.23. The topological polar surface area (TPSA) is 0 Å². The number of hydrogen-bond acceptors (Lipinski definition) is 1. The first kappa shape index (κ1) is 26.6. The molecule has 218 valence electrons. The third-order valence-electron chi connectivity index (χ3n) is 9.83. The van der Waals surface area contributed by atoms with Crippen LogP contribution in [-0.2, 0) is 0 Å². The zero-order chi connectivity index (χ0) is 30.9. The second-order valence-corrected chi connectivity index (χ2v) is 13.5. The minimum atomic E-state index is 1.23. The summed E-state index contributed by atoms with van der Waals surface area (Å²) in [5.41, 5.74) is 10.2. The smallest absolute Gasteiger partial charge is 0.0207 e. The number of rotatable bonds is 3. The molecule has 0 radical (unpaired) electrons. The van der Waals surface area contributed by atoms with E-state index in [1.807, 2.05) is 11.8 Å². The third kappa shape index (κ3) is 4.10. The van der Waals surface area contributed by atoms with Crippen LogP contribution in [0.1, 0.15) is 0 Å². The van der Waals surface area contributed by atoms with E-state index in [0.29, 0.717) is 0 Å². The van der Waals surface area contributed by atoms with Crippen LogP contribution in [-0.4, -0.2) is 0 Å². The molecule has 0 fully saturated rings. The Morgan fingerprint density at radius 2 is 0.894 bits per heavy atom. The predicted octanol–water partition coefficient (Wildman–Crippen LogP) is 13.4. The molecule has 1 aliphatic rings. The molecule has 0 aliphatic carbocycles. The molecule has 0 N–H and O–H groups in total. The molecule has 0 aromatic heterocycles. The summed E-state index contributed by atoms with van der Waals surface area (Å²) in [5, 5.41) is 10.3. The molecule has 0 saturated carbocycles. The Balaban J connectivity index is 1.24. The summed E-state index contributed by atoms with van der Waals surface area (Å²) in [6.45, 7) is 0. The third-order valence-corrected chi connectivity index (χ3v) is 11.0. The van der Waals surface area contributed by atoms with Gasteiger partial charge in [0.2, 0.25) is 0 Å². The highest BCUT2D eigenvalue weighted by atomic mass is 32.2. The first-order chi connectivity index (χ1) is 23.3. The van der Waals surface area contributed by atoms with Crippen LogP contribution in [0.25, 0.3) is 87.6 Å². The van der Waals surface area contributed by atoms with Crippen molar-refractivity contribution in [2.75, 3.05) is 0 Å². The van der Waals surface area contributed by atoms with Crippen LogP contribution in [0.4, 0.5) is 0 Å². The minimum Gasteiger partial charge on any atom is -0.0888 e. The number of fused-ring (bicyclic) bond motifs is 5. The fraction of sp³-hybridized carbons (Fsp3) is 0. The molecule has 1 aliphatic heterocycles. The summed E-state index contributed by atoms with van der Waals surface area (Å²) in [6, 6.07) is 62.8. The van der Waals surface area contributed by atoms with Gasteiger partial charge in [0.25, 0.3) is 0 Å². The largest absolute Gasteiger partial charge is 0.0888 e. The zero-order valence-electron chi connectivity index (χ0n) is 25.6. The fourth-order valence-corrected chi connectivity index (χ4v) is 8.88. The van der Waals surface area contributed by atoms with Gasteiger partial charge in [-0.05, 0) is 106 Å². The highest BCUT2D eigenvalue weighted by Gasteiger charge is 2.23. The lowest BCUT2D eigenvalue weighted by molar-refractivity contribution is 1.40. The van der Waals surface area contributed by atoms with E-state index < -0.39 is 0 Å². The Bertz CT molecular complexity index is 2660. The Morgan fingerprint density at radius 1 is 0.298 bits per heavy atom. The molecule has 47 heavy (non-hydrogen) atoms. The van der Waals surface area contributed by atoms with E-state index >= 15 is 0 Å². The SMILES string of the molecule is c1cc(-c2ccc3ccccc3c2)cc(-c2c3ccccc3c(-c3ccc4c5c(cccc35)-c3ccccc3S4)c3ccccc23)c1. The first-order valence-electron chi connectivity index (χ1n) is 16.2. The zero-order valence-corrected chi connectivity index (χ0v) is 26.4. The lowest BCUT2D eigenvalue weighted by Crippen LogP contribution is -1.95. The monoisotopic (exact) mass is 612 g/mol. The van der Waals surface area contributed by atoms with Crippen molar-refractivity contribution in [2.45, 2.75) is 9.79 Å². The average Bonchev–Trinajstić information content (AvgIpc) is 3.14. The van der Waals surface area contributed by atoms with E-state index in [4.69, 9.17) is 0 Å². The highest BCUT2D eigenvalue weighted by Crippen LogP contribution is 2.52. The standard InChI is InChI=1S/C46H28S/c1-2-12-30-27-32(24-23-29(30)11-1)31-13-9-14-33(28-31)44-36-16-3-5-18-38(36)45(39-19-6-4-17-37(39)44)41-25-26-43-46-35(20-10-21-40(41)46)34-15-7-8-22-42(34)47-43/h1-28H. The van der Waals surface area contributed by atoms with Gasteiger partial charge in [0.15, 0.2) is 0 Å². The second kappa shape index (κ2) is 10.5. The molecular weight excluding hydrogens is 585 g/mol. The Labute approximate surface area is 278 Å². The van der Waals surface area contributed by atoms with Crippen molar-refractivity contribution < 1.29 is 0 Å². The molecule has 0 nitrogen and oxygen atoms in total. The van der Waals surface area contributed by atoms with Crippen molar-refractivity contribution in [1.82, 2.24) is 0 Å². The summed E-state index contributed by atoms with van der Waals surface area (Å²) in [4.78, 5) is 2.65. The van der Waals surface area contributed by atoms with Gasteiger partial charge in [-0.25, -0.2) is 0 Å². The molecule has 0 bridgehead atoms. The molecule has 9 aromatic carbocycles. The lowest BCUT2D eigenvalue weighted by atomic mass is 9.83. The molecule has 0 saturated heterocycles. The molecule has 0 spiro atoms. The van der Waals surface area contributed by atoms with Crippen LogP contribution < -0.4 is 0 Å². The summed E-state index contributed by atoms with van der Waals surface area (Å²) < 4.78 is 0. The normalized spacial score (nSPS) is 12.2. The van der Waals surface area contributed by atoms with Crippen molar-refractivity contribution >= 4 is 54.9 Å².